The molecule has 0 aliphatic carbocycles. The van der Waals surface area contributed by atoms with Gasteiger partial charge in [0.05, 0.1) is 0 Å². The molecule has 1 atom stereocenters. The molecule has 0 radical (unpaired) electrons. The molecule has 0 bridgehead atoms. The highest BCUT2D eigenvalue weighted by Crippen LogP contribution is 2.13. The second-order valence-corrected chi connectivity index (χ2v) is 15.7. The summed E-state index contributed by atoms with van der Waals surface area (Å²) in [7, 11) is 0. The van der Waals surface area contributed by atoms with E-state index in [0.29, 0.717) is 25.7 Å². The minimum absolute atomic E-state index is 0.113. The van der Waals surface area contributed by atoms with Crippen molar-refractivity contribution >= 4 is 17.9 Å². The minimum atomic E-state index is -0.812. The van der Waals surface area contributed by atoms with E-state index < -0.39 is 6.10 Å². The van der Waals surface area contributed by atoms with E-state index >= 15 is 0 Å². The number of rotatable bonds is 42. The summed E-state index contributed by atoms with van der Waals surface area (Å²) in [5.74, 6) is -1.02. The minimum Gasteiger partial charge on any atom is -0.462 e. The Morgan fingerprint density at radius 3 is 1.25 bits per heavy atom. The topological polar surface area (TPSA) is 78.9 Å². The molecule has 1 unspecified atom stereocenters. The van der Waals surface area contributed by atoms with E-state index in [-0.39, 0.29) is 37.5 Å². The lowest BCUT2D eigenvalue weighted by Gasteiger charge is -2.18. The fraction of sp³-hybridized carbons (Fsp3) is 0.679. The smallest absolute Gasteiger partial charge is 0.306 e. The molecule has 0 N–H and O–H groups in total. The predicted molar refractivity (Wildman–Crippen MR) is 251 cm³/mol. The molecule has 0 heterocycles. The normalized spacial score (nSPS) is 12.8. The molecule has 59 heavy (non-hydrogen) atoms. The van der Waals surface area contributed by atoms with E-state index in [0.717, 1.165) is 70.6 Å². The molecule has 336 valence electrons. The Balaban J connectivity index is 4.47. The maximum atomic E-state index is 12.7. The van der Waals surface area contributed by atoms with Crippen molar-refractivity contribution in [1.82, 2.24) is 0 Å². The molecule has 6 heteroatoms. The van der Waals surface area contributed by atoms with Gasteiger partial charge in [-0.1, -0.05) is 189 Å². The quantitative estimate of drug-likeness (QED) is 0.0201. The summed E-state index contributed by atoms with van der Waals surface area (Å²) in [5, 5.41) is 0. The van der Waals surface area contributed by atoms with Crippen LogP contribution in [0.25, 0.3) is 0 Å². The third-order valence-electron chi connectivity index (χ3n) is 9.91. The number of carbonyl (C=O) groups excluding carboxylic acids is 3. The van der Waals surface area contributed by atoms with E-state index in [1.807, 2.05) is 0 Å². The molecule has 0 aromatic carbocycles. The van der Waals surface area contributed by atoms with Crippen LogP contribution in [-0.4, -0.2) is 37.2 Å². The van der Waals surface area contributed by atoms with Gasteiger partial charge in [-0.2, -0.15) is 0 Å². The number of hydrogen-bond donors (Lipinski definition) is 0. The van der Waals surface area contributed by atoms with Gasteiger partial charge in [0.25, 0.3) is 0 Å². The Labute approximate surface area is 363 Å². The lowest BCUT2D eigenvalue weighted by Crippen LogP contribution is -2.30. The lowest BCUT2D eigenvalue weighted by molar-refractivity contribution is -0.167. The van der Waals surface area contributed by atoms with Crippen molar-refractivity contribution in [1.29, 1.82) is 0 Å². The van der Waals surface area contributed by atoms with Crippen LogP contribution >= 0.6 is 0 Å². The van der Waals surface area contributed by atoms with Crippen LogP contribution < -0.4 is 0 Å². The number of esters is 3. The summed E-state index contributed by atoms with van der Waals surface area (Å²) in [5.41, 5.74) is 0. The van der Waals surface area contributed by atoms with Gasteiger partial charge in [-0.15, -0.1) is 0 Å². The number of carbonyl (C=O) groups is 3. The Kier molecular flexibility index (Phi) is 44.5. The van der Waals surface area contributed by atoms with Crippen molar-refractivity contribution in [3.8, 4) is 0 Å². The predicted octanol–water partition coefficient (Wildman–Crippen LogP) is 15.6. The molecule has 0 amide bonds. The second-order valence-electron chi connectivity index (χ2n) is 15.7. The van der Waals surface area contributed by atoms with Crippen molar-refractivity contribution in [2.45, 2.75) is 219 Å². The zero-order valence-corrected chi connectivity index (χ0v) is 38.2. The fourth-order valence-corrected chi connectivity index (χ4v) is 6.28. The van der Waals surface area contributed by atoms with Crippen LogP contribution in [0.2, 0.25) is 0 Å². The van der Waals surface area contributed by atoms with Gasteiger partial charge >= 0.3 is 17.9 Å². The molecule has 0 fully saturated rings. The first-order valence-corrected chi connectivity index (χ1v) is 24.1. The molecule has 0 spiro atoms. The van der Waals surface area contributed by atoms with E-state index in [1.165, 1.54) is 89.9 Å². The lowest BCUT2D eigenvalue weighted by atomic mass is 10.1. The van der Waals surface area contributed by atoms with Crippen molar-refractivity contribution in [2.75, 3.05) is 13.2 Å². The number of unbranched alkanes of at least 4 members (excludes halogenated alkanes) is 19. The van der Waals surface area contributed by atoms with Crippen molar-refractivity contribution in [2.24, 2.45) is 0 Å². The van der Waals surface area contributed by atoms with Crippen molar-refractivity contribution < 1.29 is 28.6 Å². The second kappa shape index (κ2) is 47.3. The molecule has 6 nitrogen and oxygen atoms in total. The summed E-state index contributed by atoms with van der Waals surface area (Å²) in [6, 6.07) is 0. The molecule has 0 saturated heterocycles. The summed E-state index contributed by atoms with van der Waals surface area (Å²) in [6.45, 7) is 6.37. The molecule has 0 saturated carbocycles. The van der Waals surface area contributed by atoms with Gasteiger partial charge in [0, 0.05) is 19.3 Å². The first-order chi connectivity index (χ1) is 29.0. The Morgan fingerprint density at radius 2 is 0.746 bits per heavy atom. The first-order valence-electron chi connectivity index (χ1n) is 24.1. The number of allylic oxidation sites excluding steroid dienone is 14. The fourth-order valence-electron chi connectivity index (χ4n) is 6.28. The highest BCUT2D eigenvalue weighted by atomic mass is 16.6. The maximum absolute atomic E-state index is 12.7. The van der Waals surface area contributed by atoms with Crippen LogP contribution in [0.1, 0.15) is 213 Å². The van der Waals surface area contributed by atoms with E-state index in [4.69, 9.17) is 14.2 Å². The molecule has 0 rings (SSSR count). The van der Waals surface area contributed by atoms with Crippen LogP contribution in [0.4, 0.5) is 0 Å². The van der Waals surface area contributed by atoms with Crippen LogP contribution in [0.3, 0.4) is 0 Å². The highest BCUT2D eigenvalue weighted by Gasteiger charge is 2.19. The molecule has 0 aromatic heterocycles. The zero-order chi connectivity index (χ0) is 43.0. The largest absolute Gasteiger partial charge is 0.462 e. The van der Waals surface area contributed by atoms with Crippen molar-refractivity contribution in [3.63, 3.8) is 0 Å². The van der Waals surface area contributed by atoms with Crippen molar-refractivity contribution in [3.05, 3.63) is 85.1 Å². The van der Waals surface area contributed by atoms with Gasteiger partial charge in [-0.05, 0) is 89.9 Å². The van der Waals surface area contributed by atoms with E-state index in [1.54, 1.807) is 0 Å². The Hall–Kier alpha value is -3.41. The molecular formula is C53H88O6. The van der Waals surface area contributed by atoms with Crippen LogP contribution in [0.15, 0.2) is 85.1 Å². The number of ether oxygens (including phenoxy) is 3. The monoisotopic (exact) mass is 821 g/mol. The summed E-state index contributed by atoms with van der Waals surface area (Å²) < 4.78 is 16.6. The van der Waals surface area contributed by atoms with Crippen LogP contribution in [-0.2, 0) is 28.6 Å². The Morgan fingerprint density at radius 1 is 0.373 bits per heavy atom. The number of hydrogen-bond acceptors (Lipinski definition) is 6. The van der Waals surface area contributed by atoms with Gasteiger partial charge in [-0.3, -0.25) is 14.4 Å². The zero-order valence-electron chi connectivity index (χ0n) is 38.2. The first kappa shape index (κ1) is 55.6. The van der Waals surface area contributed by atoms with Gasteiger partial charge in [-0.25, -0.2) is 0 Å². The van der Waals surface area contributed by atoms with E-state index in [9.17, 15) is 14.4 Å². The third-order valence-corrected chi connectivity index (χ3v) is 9.91. The SMILES string of the molecule is CC\C=C/C=C\C=C/CCCCCCCCCC(=O)OC(COC(=O)CCC/C=C\C/C=C\C/C=C\CCCCCCCC)COC(=O)CCC/C=C\CCCCCC. The highest BCUT2D eigenvalue weighted by molar-refractivity contribution is 5.71. The summed E-state index contributed by atoms with van der Waals surface area (Å²) in [4.78, 5) is 37.7. The third kappa shape index (κ3) is 45.5. The van der Waals surface area contributed by atoms with Gasteiger partial charge in [0.15, 0.2) is 6.10 Å². The van der Waals surface area contributed by atoms with Crippen LogP contribution in [0, 0.1) is 0 Å². The van der Waals surface area contributed by atoms with Gasteiger partial charge < -0.3 is 14.2 Å². The van der Waals surface area contributed by atoms with Crippen LogP contribution in [0.5, 0.6) is 0 Å². The van der Waals surface area contributed by atoms with Gasteiger partial charge in [0.2, 0.25) is 0 Å². The standard InChI is InChI=1S/C53H88O6/c1-4-7-10-13-16-19-21-23-25-26-28-29-31-34-37-40-43-46-52(55)58-49-50(48-57-51(54)45-42-39-36-33-18-15-12-9-6-3)59-53(56)47-44-41-38-35-32-30-27-24-22-20-17-14-11-8-5-2/h8,11,14,17,20,22-23,25,28-29,33-34,36-37,50H,4-7,9-10,12-13,15-16,18-19,21,24,26-27,30-32,35,38-49H2,1-3H3/b11-8-,17-14-,22-20-,25-23-,29-28-,36-33-,37-34-. The van der Waals surface area contributed by atoms with E-state index in [2.05, 4.69) is 106 Å². The molecule has 0 aliphatic heterocycles. The Bertz CT molecular complexity index is 1170. The average molecular weight is 821 g/mol. The van der Waals surface area contributed by atoms with Gasteiger partial charge in [0.1, 0.15) is 13.2 Å². The molecule has 0 aromatic rings. The molecule has 0 aliphatic rings. The average Bonchev–Trinajstić information content (AvgIpc) is 3.23. The maximum Gasteiger partial charge on any atom is 0.306 e. The summed E-state index contributed by atoms with van der Waals surface area (Å²) in [6.07, 6.45) is 60.1. The summed E-state index contributed by atoms with van der Waals surface area (Å²) >= 11 is 0. The molecular weight excluding hydrogens is 733 g/mol.